The number of hydrogen-bond donors (Lipinski definition) is 0. The molecule has 6 nitrogen and oxygen atoms in total. The molecule has 154 valence electrons. The lowest BCUT2D eigenvalue weighted by molar-refractivity contribution is 0.0650. The van der Waals surface area contributed by atoms with Crippen molar-refractivity contribution in [2.75, 3.05) is 26.2 Å². The van der Waals surface area contributed by atoms with Crippen molar-refractivity contribution >= 4 is 17.6 Å². The highest BCUT2D eigenvalue weighted by molar-refractivity contribution is 6.01. The van der Waals surface area contributed by atoms with Gasteiger partial charge in [-0.1, -0.05) is 48.5 Å². The molecule has 0 bridgehead atoms. The Hall–Kier alpha value is -3.80. The van der Waals surface area contributed by atoms with Crippen LogP contribution in [0.15, 0.2) is 78.9 Å². The van der Waals surface area contributed by atoms with Crippen LogP contribution in [0.2, 0.25) is 0 Å². The van der Waals surface area contributed by atoms with Crippen LogP contribution < -0.4 is 14.4 Å². The molecule has 0 radical (unpaired) electrons. The molecule has 1 amide bonds. The van der Waals surface area contributed by atoms with Gasteiger partial charge in [0.2, 0.25) is 5.78 Å². The van der Waals surface area contributed by atoms with Gasteiger partial charge in [-0.25, -0.2) is 4.79 Å². The fourth-order valence-electron chi connectivity index (χ4n) is 2.94. The van der Waals surface area contributed by atoms with Gasteiger partial charge in [0.15, 0.2) is 6.10 Å². The maximum atomic E-state index is 13.3. The number of nitrogens with zero attached hydrogens (tertiary/aromatic N) is 1. The summed E-state index contributed by atoms with van der Waals surface area (Å²) in [5.41, 5.74) is 1.53. The molecule has 0 spiro atoms. The van der Waals surface area contributed by atoms with Crippen molar-refractivity contribution in [1.29, 1.82) is 0 Å². The molecule has 0 fully saturated rings. The summed E-state index contributed by atoms with van der Waals surface area (Å²) in [6.07, 6.45) is -1.83. The minimum atomic E-state index is -1.17. The van der Waals surface area contributed by atoms with Crippen LogP contribution in [0.1, 0.15) is 22.0 Å². The molecule has 0 aromatic heterocycles. The van der Waals surface area contributed by atoms with Gasteiger partial charge in [-0.15, -0.1) is 0 Å². The Labute approximate surface area is 175 Å². The van der Waals surface area contributed by atoms with E-state index >= 15 is 0 Å². The third-order valence-corrected chi connectivity index (χ3v) is 4.61. The standard InChI is InChI=1S/C24H23NO5/c1-25(19-12-8-5-9-13-19)24(27)30-23(22(26)17-10-6-4-7-11-17)18-14-20(28-2)16-21(15-18)29-3/h4-16,23H,1-3H3. The number of ether oxygens (including phenoxy) is 3. The van der Waals surface area contributed by atoms with Gasteiger partial charge in [0, 0.05) is 29.9 Å². The lowest BCUT2D eigenvalue weighted by Crippen LogP contribution is -2.31. The number of para-hydroxylation sites is 1. The summed E-state index contributed by atoms with van der Waals surface area (Å²) in [4.78, 5) is 27.5. The normalized spacial score (nSPS) is 11.3. The molecule has 30 heavy (non-hydrogen) atoms. The number of anilines is 1. The molecule has 0 saturated heterocycles. The summed E-state index contributed by atoms with van der Waals surface area (Å²) in [6, 6.07) is 22.7. The van der Waals surface area contributed by atoms with E-state index < -0.39 is 12.2 Å². The molecular weight excluding hydrogens is 382 g/mol. The first kappa shape index (κ1) is 20.9. The van der Waals surface area contributed by atoms with Crippen LogP contribution in [0.3, 0.4) is 0 Å². The first-order valence-corrected chi connectivity index (χ1v) is 9.35. The van der Waals surface area contributed by atoms with Gasteiger partial charge in [0.05, 0.1) is 14.2 Å². The minimum Gasteiger partial charge on any atom is -0.497 e. The molecule has 0 aliphatic rings. The summed E-state index contributed by atoms with van der Waals surface area (Å²) < 4.78 is 16.3. The van der Waals surface area contributed by atoms with E-state index in [4.69, 9.17) is 14.2 Å². The molecule has 0 heterocycles. The average Bonchev–Trinajstić information content (AvgIpc) is 2.82. The number of carbonyl (C=O) groups excluding carboxylic acids is 2. The molecule has 3 rings (SSSR count). The van der Waals surface area contributed by atoms with Crippen LogP contribution in [-0.4, -0.2) is 33.1 Å². The Balaban J connectivity index is 1.98. The van der Waals surface area contributed by atoms with Crippen molar-refractivity contribution in [1.82, 2.24) is 0 Å². The highest BCUT2D eigenvalue weighted by Gasteiger charge is 2.29. The quantitative estimate of drug-likeness (QED) is 0.523. The summed E-state index contributed by atoms with van der Waals surface area (Å²) >= 11 is 0. The van der Waals surface area contributed by atoms with Crippen molar-refractivity contribution < 1.29 is 23.8 Å². The smallest absolute Gasteiger partial charge is 0.415 e. The van der Waals surface area contributed by atoms with E-state index in [-0.39, 0.29) is 5.78 Å². The fourth-order valence-corrected chi connectivity index (χ4v) is 2.94. The highest BCUT2D eigenvalue weighted by atomic mass is 16.6. The van der Waals surface area contributed by atoms with Gasteiger partial charge in [0.25, 0.3) is 0 Å². The first-order chi connectivity index (χ1) is 14.5. The number of hydrogen-bond acceptors (Lipinski definition) is 5. The van der Waals surface area contributed by atoms with E-state index in [0.717, 1.165) is 0 Å². The van der Waals surface area contributed by atoms with Crippen molar-refractivity contribution in [3.8, 4) is 11.5 Å². The number of amides is 1. The molecule has 3 aromatic carbocycles. The molecule has 0 saturated carbocycles. The summed E-state index contributed by atoms with van der Waals surface area (Å²) in [5, 5.41) is 0. The third-order valence-electron chi connectivity index (χ3n) is 4.61. The zero-order valence-corrected chi connectivity index (χ0v) is 17.1. The van der Waals surface area contributed by atoms with E-state index in [2.05, 4.69) is 0 Å². The van der Waals surface area contributed by atoms with E-state index in [1.807, 2.05) is 24.3 Å². The third kappa shape index (κ3) is 4.78. The van der Waals surface area contributed by atoms with Crippen molar-refractivity contribution in [3.63, 3.8) is 0 Å². The number of methoxy groups -OCH3 is 2. The van der Waals surface area contributed by atoms with E-state index in [1.165, 1.54) is 19.1 Å². The van der Waals surface area contributed by atoms with E-state index in [1.54, 1.807) is 61.6 Å². The maximum Gasteiger partial charge on any atom is 0.415 e. The Kier molecular flexibility index (Phi) is 6.70. The van der Waals surface area contributed by atoms with Crippen molar-refractivity contribution in [3.05, 3.63) is 90.0 Å². The van der Waals surface area contributed by atoms with Gasteiger partial charge < -0.3 is 14.2 Å². The van der Waals surface area contributed by atoms with Gasteiger partial charge >= 0.3 is 6.09 Å². The number of benzene rings is 3. The van der Waals surface area contributed by atoms with Crippen molar-refractivity contribution in [2.45, 2.75) is 6.10 Å². The van der Waals surface area contributed by atoms with Crippen LogP contribution in [0.5, 0.6) is 11.5 Å². The first-order valence-electron chi connectivity index (χ1n) is 9.35. The number of ketones is 1. The average molecular weight is 405 g/mol. The Bertz CT molecular complexity index is 982. The molecule has 0 N–H and O–H groups in total. The minimum absolute atomic E-state index is 0.347. The second-order valence-corrected chi connectivity index (χ2v) is 6.53. The second kappa shape index (κ2) is 9.60. The molecule has 1 unspecified atom stereocenters. The molecule has 0 aliphatic heterocycles. The summed E-state index contributed by atoms with van der Waals surface area (Å²) in [7, 11) is 4.62. The number of carbonyl (C=O) groups is 2. The predicted octanol–water partition coefficient (Wildman–Crippen LogP) is 4.90. The second-order valence-electron chi connectivity index (χ2n) is 6.53. The van der Waals surface area contributed by atoms with Crippen LogP contribution >= 0.6 is 0 Å². The van der Waals surface area contributed by atoms with Crippen LogP contribution in [0, 0.1) is 0 Å². The van der Waals surface area contributed by atoms with Gasteiger partial charge in [-0.05, 0) is 24.3 Å². The zero-order chi connectivity index (χ0) is 21.5. The lowest BCUT2D eigenvalue weighted by Gasteiger charge is -2.23. The van der Waals surface area contributed by atoms with Gasteiger partial charge in [0.1, 0.15) is 11.5 Å². The molecule has 1 atom stereocenters. The number of rotatable bonds is 7. The Morgan fingerprint density at radius 3 is 1.87 bits per heavy atom. The van der Waals surface area contributed by atoms with Crippen LogP contribution in [0.4, 0.5) is 10.5 Å². The zero-order valence-electron chi connectivity index (χ0n) is 17.1. The SMILES string of the molecule is COc1cc(OC)cc(C(OC(=O)N(C)c2ccccc2)C(=O)c2ccccc2)c1. The molecule has 6 heteroatoms. The highest BCUT2D eigenvalue weighted by Crippen LogP contribution is 2.31. The fraction of sp³-hybridized carbons (Fsp3) is 0.167. The molecule has 0 aliphatic carbocycles. The summed E-state index contributed by atoms with van der Waals surface area (Å²) in [5.74, 6) is 0.631. The van der Waals surface area contributed by atoms with E-state index in [9.17, 15) is 9.59 Å². The van der Waals surface area contributed by atoms with Gasteiger partial charge in [-0.3, -0.25) is 9.69 Å². The van der Waals surface area contributed by atoms with Crippen LogP contribution in [-0.2, 0) is 4.74 Å². The lowest BCUT2D eigenvalue weighted by atomic mass is 9.99. The van der Waals surface area contributed by atoms with Crippen molar-refractivity contribution in [2.24, 2.45) is 0 Å². The molecule has 3 aromatic rings. The number of Topliss-reactive ketones (excluding diaryl/α,β-unsaturated/α-hetero) is 1. The maximum absolute atomic E-state index is 13.3. The van der Waals surface area contributed by atoms with Gasteiger partial charge in [-0.2, -0.15) is 0 Å². The predicted molar refractivity (Wildman–Crippen MR) is 114 cm³/mol. The van der Waals surface area contributed by atoms with Crippen LogP contribution in [0.25, 0.3) is 0 Å². The molecular formula is C24H23NO5. The largest absolute Gasteiger partial charge is 0.497 e. The monoisotopic (exact) mass is 405 g/mol. The Morgan fingerprint density at radius 2 is 1.33 bits per heavy atom. The van der Waals surface area contributed by atoms with E-state index in [0.29, 0.717) is 28.3 Å². The topological polar surface area (TPSA) is 65.1 Å². The Morgan fingerprint density at radius 1 is 0.800 bits per heavy atom. The summed E-state index contributed by atoms with van der Waals surface area (Å²) in [6.45, 7) is 0.